The summed E-state index contributed by atoms with van der Waals surface area (Å²) in [5, 5.41) is 3.59. The Morgan fingerprint density at radius 2 is 1.46 bits per heavy atom. The highest BCUT2D eigenvalue weighted by Crippen LogP contribution is 2.28. The first kappa shape index (κ1) is 32.4. The van der Waals surface area contributed by atoms with Crippen LogP contribution in [0.2, 0.25) is 10.0 Å². The highest BCUT2D eigenvalue weighted by Gasteiger charge is 2.33. The first-order valence-corrected chi connectivity index (χ1v) is 15.6. The van der Waals surface area contributed by atoms with Crippen molar-refractivity contribution in [1.82, 2.24) is 10.2 Å². The van der Waals surface area contributed by atoms with Gasteiger partial charge in [-0.1, -0.05) is 60.0 Å². The Bertz CT molecular complexity index is 1490. The molecule has 3 aromatic rings. The van der Waals surface area contributed by atoms with Gasteiger partial charge in [-0.15, -0.1) is 0 Å². The van der Waals surface area contributed by atoms with Crippen molar-refractivity contribution in [2.24, 2.45) is 0 Å². The van der Waals surface area contributed by atoms with Crippen molar-refractivity contribution in [1.29, 1.82) is 0 Å². The van der Waals surface area contributed by atoms with Gasteiger partial charge in [0.2, 0.25) is 11.8 Å². The number of anilines is 1. The Morgan fingerprint density at radius 3 is 2.02 bits per heavy atom. The number of aryl methyl sites for hydroxylation is 3. The van der Waals surface area contributed by atoms with Gasteiger partial charge in [-0.2, -0.15) is 0 Å². The molecule has 0 unspecified atom stereocenters. The zero-order valence-electron chi connectivity index (χ0n) is 24.2. The minimum Gasteiger partial charge on any atom is -0.352 e. The molecule has 0 fully saturated rings. The number of amides is 2. The van der Waals surface area contributed by atoms with Gasteiger partial charge < -0.3 is 10.2 Å². The summed E-state index contributed by atoms with van der Waals surface area (Å²) in [6, 6.07) is 15.9. The molecular formula is C31H37Cl2N3O4S. The van der Waals surface area contributed by atoms with E-state index < -0.39 is 28.5 Å². The molecule has 0 heterocycles. The lowest BCUT2D eigenvalue weighted by Gasteiger charge is -2.32. The van der Waals surface area contributed by atoms with Crippen LogP contribution in [0.3, 0.4) is 0 Å². The number of nitrogens with one attached hydrogen (secondary N) is 1. The number of rotatable bonds is 11. The van der Waals surface area contributed by atoms with Crippen LogP contribution in [0.25, 0.3) is 0 Å². The molecule has 0 aliphatic carbocycles. The Kier molecular flexibility index (Phi) is 10.9. The molecule has 0 radical (unpaired) electrons. The highest BCUT2D eigenvalue weighted by atomic mass is 35.5. The monoisotopic (exact) mass is 617 g/mol. The third-order valence-corrected chi connectivity index (χ3v) is 9.41. The maximum absolute atomic E-state index is 14.1. The molecule has 0 aromatic heterocycles. The summed E-state index contributed by atoms with van der Waals surface area (Å²) in [5.74, 6) is -0.884. The maximum atomic E-state index is 14.1. The molecule has 7 nitrogen and oxygen atoms in total. The average Bonchev–Trinajstić information content (AvgIpc) is 2.91. The quantitative estimate of drug-likeness (QED) is 0.268. The van der Waals surface area contributed by atoms with Crippen LogP contribution in [0, 0.1) is 20.8 Å². The number of sulfonamides is 1. The number of hydrogen-bond donors (Lipinski definition) is 1. The Labute approximate surface area is 253 Å². The molecule has 3 aromatic carbocycles. The maximum Gasteiger partial charge on any atom is 0.264 e. The van der Waals surface area contributed by atoms with Crippen LogP contribution in [0.15, 0.2) is 65.6 Å². The van der Waals surface area contributed by atoms with Gasteiger partial charge in [0, 0.05) is 12.6 Å². The zero-order chi connectivity index (χ0) is 30.5. The molecule has 0 aliphatic heterocycles. The van der Waals surface area contributed by atoms with E-state index in [1.165, 1.54) is 17.0 Å². The molecule has 2 amide bonds. The van der Waals surface area contributed by atoms with Crippen molar-refractivity contribution in [2.75, 3.05) is 10.8 Å². The number of benzene rings is 3. The number of nitrogens with zero attached hydrogens (tertiary/aromatic N) is 2. The van der Waals surface area contributed by atoms with Crippen LogP contribution in [0.5, 0.6) is 0 Å². The summed E-state index contributed by atoms with van der Waals surface area (Å²) in [7, 11) is -4.14. The third kappa shape index (κ3) is 8.24. The van der Waals surface area contributed by atoms with Crippen molar-refractivity contribution in [3.05, 3.63) is 93.0 Å². The van der Waals surface area contributed by atoms with Gasteiger partial charge in [-0.25, -0.2) is 8.42 Å². The first-order chi connectivity index (χ1) is 19.2. The number of halogens is 2. The molecule has 220 valence electrons. The van der Waals surface area contributed by atoms with Crippen molar-refractivity contribution in [3.63, 3.8) is 0 Å². The molecule has 3 rings (SSSR count). The van der Waals surface area contributed by atoms with Crippen LogP contribution in [0.4, 0.5) is 5.69 Å². The van der Waals surface area contributed by atoms with Gasteiger partial charge in [-0.05, 0) is 94.1 Å². The number of carbonyl (C=O) groups excluding carboxylic acids is 2. The van der Waals surface area contributed by atoms with E-state index >= 15 is 0 Å². The van der Waals surface area contributed by atoms with Crippen LogP contribution in [0.1, 0.15) is 49.4 Å². The largest absolute Gasteiger partial charge is 0.352 e. The van der Waals surface area contributed by atoms with Crippen LogP contribution in [-0.4, -0.2) is 43.8 Å². The fourth-order valence-electron chi connectivity index (χ4n) is 4.34. The van der Waals surface area contributed by atoms with Gasteiger partial charge >= 0.3 is 0 Å². The van der Waals surface area contributed by atoms with Crippen molar-refractivity contribution < 1.29 is 18.0 Å². The molecule has 1 N–H and O–H groups in total. The van der Waals surface area contributed by atoms with Gasteiger partial charge in [0.1, 0.15) is 12.6 Å². The summed E-state index contributed by atoms with van der Waals surface area (Å²) in [5.41, 5.74) is 3.63. The Hall–Kier alpha value is -3.07. The lowest BCUT2D eigenvalue weighted by Crippen LogP contribution is -2.52. The molecule has 10 heteroatoms. The van der Waals surface area contributed by atoms with Crippen LogP contribution in [-0.2, 0) is 26.2 Å². The molecule has 2 atom stereocenters. The van der Waals surface area contributed by atoms with E-state index in [1.807, 2.05) is 40.7 Å². The second kappa shape index (κ2) is 13.7. The average molecular weight is 619 g/mol. The highest BCUT2D eigenvalue weighted by molar-refractivity contribution is 7.92. The molecular weight excluding hydrogens is 581 g/mol. The SMILES string of the molecule is CC[C@@H](C)NC(=O)[C@@H](C)N(Cc1ccc(Cl)c(Cl)c1)C(=O)CN(c1cc(C)cc(C)c1)S(=O)(=O)c1ccc(C)cc1. The second-order valence-corrected chi connectivity index (χ2v) is 13.1. The van der Waals surface area contributed by atoms with E-state index in [0.717, 1.165) is 21.0 Å². The summed E-state index contributed by atoms with van der Waals surface area (Å²) in [6.07, 6.45) is 0.717. The molecule has 0 aliphatic rings. The summed E-state index contributed by atoms with van der Waals surface area (Å²) < 4.78 is 29.1. The molecule has 0 saturated carbocycles. The zero-order valence-corrected chi connectivity index (χ0v) is 26.6. The van der Waals surface area contributed by atoms with Gasteiger partial charge in [0.15, 0.2) is 0 Å². The van der Waals surface area contributed by atoms with Crippen molar-refractivity contribution in [2.45, 2.75) is 71.5 Å². The summed E-state index contributed by atoms with van der Waals surface area (Å²) in [4.78, 5) is 28.7. The van der Waals surface area contributed by atoms with Gasteiger partial charge in [0.25, 0.3) is 10.0 Å². The fraction of sp³-hybridized carbons (Fsp3) is 0.355. The normalized spacial score (nSPS) is 12.9. The van der Waals surface area contributed by atoms with Crippen LogP contribution >= 0.6 is 23.2 Å². The molecule has 0 bridgehead atoms. The minimum atomic E-state index is -4.14. The topological polar surface area (TPSA) is 86.8 Å². The lowest BCUT2D eigenvalue weighted by atomic mass is 10.1. The van der Waals surface area contributed by atoms with E-state index in [0.29, 0.717) is 27.7 Å². The number of hydrogen-bond acceptors (Lipinski definition) is 4. The lowest BCUT2D eigenvalue weighted by molar-refractivity contribution is -0.139. The number of carbonyl (C=O) groups is 2. The molecule has 0 saturated heterocycles. The third-order valence-electron chi connectivity index (χ3n) is 6.89. The smallest absolute Gasteiger partial charge is 0.264 e. The van der Waals surface area contributed by atoms with E-state index in [-0.39, 0.29) is 23.4 Å². The Balaban J connectivity index is 2.07. The van der Waals surface area contributed by atoms with E-state index in [9.17, 15) is 18.0 Å². The van der Waals surface area contributed by atoms with Crippen LogP contribution < -0.4 is 9.62 Å². The second-order valence-electron chi connectivity index (χ2n) is 10.4. The first-order valence-electron chi connectivity index (χ1n) is 13.4. The predicted molar refractivity (Wildman–Crippen MR) is 166 cm³/mol. The molecule has 41 heavy (non-hydrogen) atoms. The Morgan fingerprint density at radius 1 is 0.854 bits per heavy atom. The summed E-state index contributed by atoms with van der Waals surface area (Å²) >= 11 is 12.3. The summed E-state index contributed by atoms with van der Waals surface area (Å²) in [6.45, 7) is 10.6. The van der Waals surface area contributed by atoms with E-state index in [4.69, 9.17) is 23.2 Å². The predicted octanol–water partition coefficient (Wildman–Crippen LogP) is 6.45. The van der Waals surface area contributed by atoms with E-state index in [1.54, 1.807) is 49.4 Å². The van der Waals surface area contributed by atoms with Gasteiger partial charge in [0.05, 0.1) is 20.6 Å². The molecule has 0 spiro atoms. The van der Waals surface area contributed by atoms with Crippen molar-refractivity contribution in [3.8, 4) is 0 Å². The van der Waals surface area contributed by atoms with Gasteiger partial charge in [-0.3, -0.25) is 13.9 Å². The standard InChI is InChI=1S/C31H37Cl2N3O4S/c1-7-23(5)34-31(38)24(6)35(18-25-10-13-28(32)29(33)17-25)30(37)19-36(26-15-21(3)14-22(4)16-26)41(39,40)27-11-8-20(2)9-12-27/h8-17,23-24H,7,18-19H2,1-6H3,(H,34,38)/t23-,24-/m1/s1. The van der Waals surface area contributed by atoms with E-state index in [2.05, 4.69) is 5.32 Å². The fourth-order valence-corrected chi connectivity index (χ4v) is 6.06. The minimum absolute atomic E-state index is 0.0239. The van der Waals surface area contributed by atoms with Crippen molar-refractivity contribution >= 4 is 50.7 Å².